The molecule has 1 aliphatic heterocycles. The Labute approximate surface area is 113 Å². The van der Waals surface area contributed by atoms with Gasteiger partial charge in [-0.3, -0.25) is 0 Å². The zero-order valence-electron chi connectivity index (χ0n) is 10.8. The Morgan fingerprint density at radius 3 is 2.32 bits per heavy atom. The molecule has 3 nitrogen and oxygen atoms in total. The molecule has 3 rings (SSSR count). The Morgan fingerprint density at radius 1 is 0.842 bits per heavy atom. The molecule has 0 aliphatic carbocycles. The second kappa shape index (κ2) is 5.22. The van der Waals surface area contributed by atoms with Crippen molar-refractivity contribution in [3.05, 3.63) is 53.6 Å². The van der Waals surface area contributed by atoms with Gasteiger partial charge in [0, 0.05) is 12.1 Å². The lowest BCUT2D eigenvalue weighted by Gasteiger charge is -2.09. The van der Waals surface area contributed by atoms with E-state index in [9.17, 15) is 0 Å². The van der Waals surface area contributed by atoms with E-state index < -0.39 is 0 Å². The fourth-order valence-corrected chi connectivity index (χ4v) is 2.19. The molecule has 0 saturated carbocycles. The molecule has 0 aromatic heterocycles. The molecular weight excluding hydrogens is 238 g/mol. The van der Waals surface area contributed by atoms with E-state index in [0.717, 1.165) is 43.2 Å². The lowest BCUT2D eigenvalue weighted by Crippen LogP contribution is -1.97. The molecule has 3 heteroatoms. The van der Waals surface area contributed by atoms with Crippen molar-refractivity contribution in [1.82, 2.24) is 0 Å². The highest BCUT2D eigenvalue weighted by Crippen LogP contribution is 2.31. The van der Waals surface area contributed by atoms with Gasteiger partial charge < -0.3 is 15.2 Å². The van der Waals surface area contributed by atoms with Crippen LogP contribution in [-0.4, -0.2) is 13.2 Å². The Hall–Kier alpha value is -2.16. The predicted molar refractivity (Wildman–Crippen MR) is 75.7 cm³/mol. The zero-order chi connectivity index (χ0) is 13.1. The van der Waals surface area contributed by atoms with Crippen molar-refractivity contribution in [3.63, 3.8) is 0 Å². The molecule has 0 radical (unpaired) electrons. The Bertz CT molecular complexity index is 563. The molecule has 2 N–H and O–H groups in total. The van der Waals surface area contributed by atoms with Gasteiger partial charge in [0.25, 0.3) is 0 Å². The Morgan fingerprint density at radius 2 is 1.53 bits per heavy atom. The Balaban J connectivity index is 1.81. The van der Waals surface area contributed by atoms with E-state index in [1.165, 1.54) is 11.1 Å². The predicted octanol–water partition coefficient (Wildman–Crippen LogP) is 3.02. The van der Waals surface area contributed by atoms with Crippen molar-refractivity contribution in [2.45, 2.75) is 12.8 Å². The summed E-state index contributed by atoms with van der Waals surface area (Å²) >= 11 is 0. The molecule has 2 aromatic carbocycles. The first-order valence-corrected chi connectivity index (χ1v) is 6.54. The number of nitrogen functional groups attached to an aromatic ring is 1. The van der Waals surface area contributed by atoms with Gasteiger partial charge in [0.1, 0.15) is 0 Å². The smallest absolute Gasteiger partial charge is 0.161 e. The molecule has 0 fully saturated rings. The van der Waals surface area contributed by atoms with E-state index in [0.29, 0.717) is 0 Å². The third-order valence-electron chi connectivity index (χ3n) is 3.20. The third-order valence-corrected chi connectivity index (χ3v) is 3.20. The molecule has 0 atom stereocenters. The molecule has 0 spiro atoms. The van der Waals surface area contributed by atoms with Crippen LogP contribution in [0, 0.1) is 0 Å². The van der Waals surface area contributed by atoms with E-state index in [4.69, 9.17) is 15.2 Å². The van der Waals surface area contributed by atoms with Gasteiger partial charge in [-0.2, -0.15) is 0 Å². The van der Waals surface area contributed by atoms with Crippen LogP contribution in [0.4, 0.5) is 5.69 Å². The van der Waals surface area contributed by atoms with Crippen LogP contribution in [0.3, 0.4) is 0 Å². The number of benzene rings is 2. The SMILES string of the molecule is Nc1ccc(Cc2ccc3c(c2)OCCCO3)cc1. The van der Waals surface area contributed by atoms with Gasteiger partial charge in [-0.15, -0.1) is 0 Å². The van der Waals surface area contributed by atoms with Crippen molar-refractivity contribution in [1.29, 1.82) is 0 Å². The minimum Gasteiger partial charge on any atom is -0.490 e. The maximum atomic E-state index is 5.70. The summed E-state index contributed by atoms with van der Waals surface area (Å²) < 4.78 is 11.3. The van der Waals surface area contributed by atoms with Crippen LogP contribution < -0.4 is 15.2 Å². The van der Waals surface area contributed by atoms with Gasteiger partial charge in [-0.25, -0.2) is 0 Å². The second-order valence-corrected chi connectivity index (χ2v) is 4.75. The number of fused-ring (bicyclic) bond motifs is 1. The molecule has 0 saturated heterocycles. The van der Waals surface area contributed by atoms with Gasteiger partial charge in [0.05, 0.1) is 13.2 Å². The summed E-state index contributed by atoms with van der Waals surface area (Å²) in [5, 5.41) is 0. The summed E-state index contributed by atoms with van der Waals surface area (Å²) in [6.07, 6.45) is 1.80. The quantitative estimate of drug-likeness (QED) is 0.839. The largest absolute Gasteiger partial charge is 0.490 e. The number of ether oxygens (including phenoxy) is 2. The highest BCUT2D eigenvalue weighted by atomic mass is 16.5. The highest BCUT2D eigenvalue weighted by Gasteiger charge is 2.10. The molecule has 1 aliphatic rings. The van der Waals surface area contributed by atoms with Crippen molar-refractivity contribution < 1.29 is 9.47 Å². The number of hydrogen-bond acceptors (Lipinski definition) is 3. The maximum Gasteiger partial charge on any atom is 0.161 e. The fraction of sp³-hybridized carbons (Fsp3) is 0.250. The van der Waals surface area contributed by atoms with Crippen molar-refractivity contribution in [2.24, 2.45) is 0 Å². The van der Waals surface area contributed by atoms with E-state index in [2.05, 4.69) is 24.3 Å². The first-order chi connectivity index (χ1) is 9.31. The summed E-state index contributed by atoms with van der Waals surface area (Å²) in [6.45, 7) is 1.45. The summed E-state index contributed by atoms with van der Waals surface area (Å²) in [5.41, 5.74) is 8.94. The summed E-state index contributed by atoms with van der Waals surface area (Å²) in [4.78, 5) is 0. The normalized spacial score (nSPS) is 13.9. The van der Waals surface area contributed by atoms with E-state index in [1.54, 1.807) is 0 Å². The minimum absolute atomic E-state index is 0.721. The van der Waals surface area contributed by atoms with Gasteiger partial charge in [0.2, 0.25) is 0 Å². The van der Waals surface area contributed by atoms with Crippen LogP contribution in [0.2, 0.25) is 0 Å². The van der Waals surface area contributed by atoms with Crippen LogP contribution in [0.5, 0.6) is 11.5 Å². The number of hydrogen-bond donors (Lipinski definition) is 1. The van der Waals surface area contributed by atoms with Crippen molar-refractivity contribution >= 4 is 5.69 Å². The number of anilines is 1. The van der Waals surface area contributed by atoms with Crippen molar-refractivity contribution in [3.8, 4) is 11.5 Å². The van der Waals surface area contributed by atoms with Gasteiger partial charge in [0.15, 0.2) is 11.5 Å². The highest BCUT2D eigenvalue weighted by molar-refractivity contribution is 5.45. The lowest BCUT2D eigenvalue weighted by molar-refractivity contribution is 0.297. The molecule has 19 heavy (non-hydrogen) atoms. The molecule has 1 heterocycles. The molecule has 0 bridgehead atoms. The van der Waals surface area contributed by atoms with Crippen LogP contribution in [-0.2, 0) is 6.42 Å². The zero-order valence-corrected chi connectivity index (χ0v) is 10.8. The minimum atomic E-state index is 0.721. The fourth-order valence-electron chi connectivity index (χ4n) is 2.19. The van der Waals surface area contributed by atoms with Crippen molar-refractivity contribution in [2.75, 3.05) is 18.9 Å². The van der Waals surface area contributed by atoms with Crippen LogP contribution >= 0.6 is 0 Å². The Kier molecular flexibility index (Phi) is 3.27. The lowest BCUT2D eigenvalue weighted by atomic mass is 10.0. The monoisotopic (exact) mass is 255 g/mol. The van der Waals surface area contributed by atoms with Gasteiger partial charge >= 0.3 is 0 Å². The van der Waals surface area contributed by atoms with E-state index >= 15 is 0 Å². The summed E-state index contributed by atoms with van der Waals surface area (Å²) in [6, 6.07) is 14.1. The summed E-state index contributed by atoms with van der Waals surface area (Å²) in [5.74, 6) is 1.70. The van der Waals surface area contributed by atoms with Gasteiger partial charge in [-0.05, 0) is 41.8 Å². The average Bonchev–Trinajstić information content (AvgIpc) is 2.66. The molecule has 98 valence electrons. The maximum absolute atomic E-state index is 5.70. The molecule has 0 amide bonds. The van der Waals surface area contributed by atoms with E-state index in [1.807, 2.05) is 18.2 Å². The van der Waals surface area contributed by atoms with Crippen LogP contribution in [0.1, 0.15) is 17.5 Å². The topological polar surface area (TPSA) is 44.5 Å². The summed E-state index contributed by atoms with van der Waals surface area (Å²) in [7, 11) is 0. The van der Waals surface area contributed by atoms with Crippen LogP contribution in [0.15, 0.2) is 42.5 Å². The number of rotatable bonds is 2. The molecule has 2 aromatic rings. The standard InChI is InChI=1S/C16H17NO2/c17-14-5-2-12(3-6-14)10-13-4-7-15-16(11-13)19-9-1-8-18-15/h2-7,11H,1,8-10,17H2. The first-order valence-electron chi connectivity index (χ1n) is 6.54. The average molecular weight is 255 g/mol. The van der Waals surface area contributed by atoms with Crippen LogP contribution in [0.25, 0.3) is 0 Å². The first kappa shape index (κ1) is 11.9. The van der Waals surface area contributed by atoms with Gasteiger partial charge in [-0.1, -0.05) is 18.2 Å². The number of nitrogens with two attached hydrogens (primary N) is 1. The molecule has 0 unspecified atom stereocenters. The van der Waals surface area contributed by atoms with E-state index in [-0.39, 0.29) is 0 Å². The second-order valence-electron chi connectivity index (χ2n) is 4.75. The third kappa shape index (κ3) is 2.81. The molecular formula is C16H17NO2.